The second-order valence-electron chi connectivity index (χ2n) is 4.79. The number of fused-ring (bicyclic) bond motifs is 3. The molecule has 3 rings (SSSR count). The molecular weight excluding hydrogens is 315 g/mol. The largest absolute Gasteiger partial charge is 0.618 e. The molecule has 0 aliphatic heterocycles. The lowest BCUT2D eigenvalue weighted by atomic mass is 10.0. The Morgan fingerprint density at radius 2 is 1.26 bits per heavy atom. The van der Waals surface area contributed by atoms with E-state index in [0.29, 0.717) is 5.75 Å². The van der Waals surface area contributed by atoms with Crippen molar-refractivity contribution in [2.75, 3.05) is 21.3 Å². The van der Waals surface area contributed by atoms with Gasteiger partial charge in [-0.3, -0.25) is 4.89 Å². The average Bonchev–Trinajstić information content (AvgIpc) is 2.63. The van der Waals surface area contributed by atoms with Crippen molar-refractivity contribution in [2.24, 2.45) is 0 Å². The van der Waals surface area contributed by atoms with Gasteiger partial charge in [-0.05, 0) is 22.2 Å². The van der Waals surface area contributed by atoms with E-state index in [2.05, 4.69) is 12.1 Å². The highest BCUT2D eigenvalue weighted by Gasteiger charge is 2.49. The van der Waals surface area contributed by atoms with Crippen LogP contribution in [0.1, 0.15) is 0 Å². The second-order valence-corrected chi connectivity index (χ2v) is 6.93. The molecule has 23 heavy (non-hydrogen) atoms. The zero-order chi connectivity index (χ0) is 16.3. The first kappa shape index (κ1) is 16.1. The first-order chi connectivity index (χ1) is 11.2. The predicted octanol–water partition coefficient (Wildman–Crippen LogP) is 4.92. The van der Waals surface area contributed by atoms with Crippen molar-refractivity contribution in [1.29, 1.82) is 0 Å². The molecule has 3 aromatic rings. The molecule has 0 radical (unpaired) electrons. The van der Waals surface area contributed by atoms with Crippen LogP contribution in [0.5, 0.6) is 5.75 Å². The van der Waals surface area contributed by atoms with Crippen molar-refractivity contribution in [1.82, 2.24) is 0 Å². The predicted molar refractivity (Wildman–Crippen MR) is 91.1 cm³/mol. The van der Waals surface area contributed by atoms with Crippen molar-refractivity contribution < 1.29 is 23.1 Å². The highest BCUT2D eigenvalue weighted by molar-refractivity contribution is 7.56. The summed E-state index contributed by atoms with van der Waals surface area (Å²) in [5, 5.41) is 4.23. The van der Waals surface area contributed by atoms with E-state index in [1.165, 1.54) is 21.3 Å². The van der Waals surface area contributed by atoms with Crippen LogP contribution >= 0.6 is 8.17 Å². The minimum Gasteiger partial charge on any atom is -0.294 e. The fourth-order valence-corrected chi connectivity index (χ4v) is 3.29. The number of rotatable bonds is 6. The van der Waals surface area contributed by atoms with E-state index < -0.39 is 8.17 Å². The SMILES string of the molecule is CO[P+](OC)(OC)OOc1cc2ccccc2c2ccccc12. The number of benzene rings is 3. The Kier molecular flexibility index (Phi) is 4.76. The lowest BCUT2D eigenvalue weighted by Crippen LogP contribution is -2.08. The monoisotopic (exact) mass is 333 g/mol. The van der Waals surface area contributed by atoms with Crippen molar-refractivity contribution in [3.05, 3.63) is 54.6 Å². The van der Waals surface area contributed by atoms with Crippen LogP contribution in [0, 0.1) is 0 Å². The Labute approximate surface area is 135 Å². The molecule has 0 fully saturated rings. The Morgan fingerprint density at radius 1 is 0.696 bits per heavy atom. The second kappa shape index (κ2) is 6.79. The van der Waals surface area contributed by atoms with Crippen molar-refractivity contribution in [3.63, 3.8) is 0 Å². The molecule has 0 amide bonds. The molecule has 5 nitrogen and oxygen atoms in total. The van der Waals surface area contributed by atoms with Gasteiger partial charge in [-0.15, -0.1) is 0 Å². The van der Waals surface area contributed by atoms with Gasteiger partial charge < -0.3 is 0 Å². The van der Waals surface area contributed by atoms with Crippen molar-refractivity contribution in [3.8, 4) is 5.75 Å². The Hall–Kier alpha value is -1.75. The molecule has 0 saturated carbocycles. The molecule has 0 atom stereocenters. The highest BCUT2D eigenvalue weighted by atomic mass is 31.2. The molecule has 3 aromatic carbocycles. The summed E-state index contributed by atoms with van der Waals surface area (Å²) in [4.78, 5) is 5.54. The maximum atomic E-state index is 5.54. The fraction of sp³-hybridized carbons (Fsp3) is 0.176. The van der Waals surface area contributed by atoms with E-state index in [0.717, 1.165) is 21.5 Å². The van der Waals surface area contributed by atoms with Gasteiger partial charge in [0.05, 0.1) is 26.0 Å². The summed E-state index contributed by atoms with van der Waals surface area (Å²) in [6.07, 6.45) is 0. The molecule has 0 bridgehead atoms. The van der Waals surface area contributed by atoms with Gasteiger partial charge in [-0.2, -0.15) is 13.6 Å². The smallest absolute Gasteiger partial charge is 0.294 e. The Morgan fingerprint density at radius 3 is 1.91 bits per heavy atom. The number of hydrogen-bond donors (Lipinski definition) is 0. The molecule has 120 valence electrons. The molecular formula is C17H18O5P+. The third-order valence-electron chi connectivity index (χ3n) is 3.62. The van der Waals surface area contributed by atoms with Crippen LogP contribution in [-0.4, -0.2) is 21.3 Å². The summed E-state index contributed by atoms with van der Waals surface area (Å²) in [6, 6.07) is 18.0. The average molecular weight is 333 g/mol. The third-order valence-corrected chi connectivity index (χ3v) is 5.22. The van der Waals surface area contributed by atoms with Crippen LogP contribution in [0.4, 0.5) is 0 Å². The van der Waals surface area contributed by atoms with Crippen LogP contribution in [0.3, 0.4) is 0 Å². The summed E-state index contributed by atoms with van der Waals surface area (Å²) in [6.45, 7) is 0. The molecule has 0 heterocycles. The first-order valence-electron chi connectivity index (χ1n) is 7.06. The topological polar surface area (TPSA) is 46.2 Å². The highest BCUT2D eigenvalue weighted by Crippen LogP contribution is 2.61. The first-order valence-corrected chi connectivity index (χ1v) is 8.52. The fourth-order valence-electron chi connectivity index (χ4n) is 2.49. The van der Waals surface area contributed by atoms with Crippen molar-refractivity contribution >= 4 is 29.7 Å². The molecule has 0 aliphatic rings. The van der Waals surface area contributed by atoms with Gasteiger partial charge in [-0.25, -0.2) is 0 Å². The van der Waals surface area contributed by atoms with E-state index >= 15 is 0 Å². The van der Waals surface area contributed by atoms with E-state index in [4.69, 9.17) is 23.1 Å². The molecule has 0 saturated heterocycles. The van der Waals surface area contributed by atoms with Gasteiger partial charge in [0.25, 0.3) is 0 Å². The summed E-state index contributed by atoms with van der Waals surface area (Å²) in [5.41, 5.74) is 0. The quantitative estimate of drug-likeness (QED) is 0.277. The van der Waals surface area contributed by atoms with E-state index in [9.17, 15) is 0 Å². The van der Waals surface area contributed by atoms with Gasteiger partial charge in [-0.1, -0.05) is 48.5 Å². The van der Waals surface area contributed by atoms with Crippen LogP contribution < -0.4 is 4.89 Å². The maximum absolute atomic E-state index is 5.54. The summed E-state index contributed by atoms with van der Waals surface area (Å²) in [5.74, 6) is 0.579. The zero-order valence-corrected chi connectivity index (χ0v) is 14.1. The molecule has 0 aliphatic carbocycles. The van der Waals surface area contributed by atoms with Crippen LogP contribution in [0.25, 0.3) is 21.5 Å². The lowest BCUT2D eigenvalue weighted by Gasteiger charge is -2.14. The minimum atomic E-state index is -2.96. The standard InChI is InChI=1S/C17H18O5P/c1-18-23(19-2,20-3)22-21-17-12-13-8-4-5-9-14(13)15-10-6-7-11-16(15)17/h4-12H,1-3H3/q+1. The van der Waals surface area contributed by atoms with Crippen LogP contribution in [0.2, 0.25) is 0 Å². The van der Waals surface area contributed by atoms with Gasteiger partial charge in [0.2, 0.25) is 0 Å². The van der Waals surface area contributed by atoms with E-state index in [-0.39, 0.29) is 0 Å². The van der Waals surface area contributed by atoms with E-state index in [1.54, 1.807) is 0 Å². The maximum Gasteiger partial charge on any atom is 0.618 e. The number of hydrogen-bond acceptors (Lipinski definition) is 5. The third kappa shape index (κ3) is 3.02. The summed E-state index contributed by atoms with van der Waals surface area (Å²) < 4.78 is 20.9. The van der Waals surface area contributed by atoms with Crippen LogP contribution in [-0.2, 0) is 18.2 Å². The molecule has 0 aromatic heterocycles. The Balaban J connectivity index is 2.06. The van der Waals surface area contributed by atoms with Gasteiger partial charge >= 0.3 is 8.17 Å². The van der Waals surface area contributed by atoms with Gasteiger partial charge in [0.1, 0.15) is 0 Å². The Bertz CT molecular complexity index is 808. The lowest BCUT2D eigenvalue weighted by molar-refractivity contribution is -0.141. The molecule has 0 N–H and O–H groups in total. The van der Waals surface area contributed by atoms with Crippen molar-refractivity contribution in [2.45, 2.75) is 0 Å². The molecule has 6 heteroatoms. The zero-order valence-electron chi connectivity index (χ0n) is 13.2. The van der Waals surface area contributed by atoms with E-state index in [1.807, 2.05) is 42.5 Å². The van der Waals surface area contributed by atoms with Gasteiger partial charge in [0.15, 0.2) is 5.75 Å². The summed E-state index contributed by atoms with van der Waals surface area (Å²) >= 11 is 0. The molecule has 0 unspecified atom stereocenters. The van der Waals surface area contributed by atoms with Gasteiger partial charge in [0, 0.05) is 5.39 Å². The molecule has 0 spiro atoms. The summed E-state index contributed by atoms with van der Waals surface area (Å²) in [7, 11) is 1.38. The minimum absolute atomic E-state index is 0.579. The normalized spacial score (nSPS) is 12.0. The van der Waals surface area contributed by atoms with Crippen LogP contribution in [0.15, 0.2) is 54.6 Å².